The number of allylic oxidation sites excluding steroid dienone is 4. The van der Waals surface area contributed by atoms with Crippen molar-refractivity contribution in [3.05, 3.63) is 36.6 Å². The minimum absolute atomic E-state index is 0.423. The average molecular weight is 149 g/mol. The van der Waals surface area contributed by atoms with Gasteiger partial charge < -0.3 is 5.32 Å². The number of nitrogens with one attached hydrogen (secondary N) is 1. The summed E-state index contributed by atoms with van der Waals surface area (Å²) in [4.78, 5) is 10.0. The van der Waals surface area contributed by atoms with Crippen LogP contribution in [0.4, 0.5) is 0 Å². The summed E-state index contributed by atoms with van der Waals surface area (Å²) in [6.45, 7) is 3.68. The number of amides is 1. The van der Waals surface area contributed by atoms with Crippen molar-refractivity contribution in [3.8, 4) is 0 Å². The molecule has 1 N–H and O–H groups in total. The van der Waals surface area contributed by atoms with Crippen LogP contribution in [-0.2, 0) is 4.79 Å². The monoisotopic (exact) mass is 149 g/mol. The van der Waals surface area contributed by atoms with E-state index in [1.165, 1.54) is 0 Å². The topological polar surface area (TPSA) is 29.1 Å². The Balaban J connectivity index is 2.51. The molecule has 1 aliphatic rings. The third-order valence-corrected chi connectivity index (χ3v) is 1.66. The molecule has 0 saturated carbocycles. The van der Waals surface area contributed by atoms with Crippen molar-refractivity contribution < 1.29 is 4.79 Å². The molecule has 0 heterocycles. The Bertz CT molecular complexity index is 216. The highest BCUT2D eigenvalue weighted by atomic mass is 16.1. The van der Waals surface area contributed by atoms with Gasteiger partial charge in [0, 0.05) is 5.70 Å². The van der Waals surface area contributed by atoms with Crippen LogP contribution in [-0.4, -0.2) is 6.41 Å². The third-order valence-electron chi connectivity index (χ3n) is 1.66. The summed E-state index contributed by atoms with van der Waals surface area (Å²) >= 11 is 0. The lowest BCUT2D eigenvalue weighted by Gasteiger charge is -2.10. The number of carbonyl (C=O) groups excluding carboxylic acids is 1. The van der Waals surface area contributed by atoms with Crippen LogP contribution in [0.5, 0.6) is 0 Å². The quantitative estimate of drug-likeness (QED) is 0.476. The van der Waals surface area contributed by atoms with Crippen LogP contribution in [0.1, 0.15) is 6.42 Å². The molecule has 1 rings (SSSR count). The number of hydrogen-bond donors (Lipinski definition) is 1. The Hall–Kier alpha value is -1.31. The fourth-order valence-electron chi connectivity index (χ4n) is 0.987. The molecule has 0 fully saturated rings. The Morgan fingerprint density at radius 1 is 1.73 bits per heavy atom. The smallest absolute Gasteiger partial charge is 0.211 e. The maximum atomic E-state index is 10.0. The largest absolute Gasteiger partial charge is 0.329 e. The van der Waals surface area contributed by atoms with Crippen molar-refractivity contribution in [2.75, 3.05) is 0 Å². The standard InChI is InChI=1S/C9H11NO/c1-2-8-3-5-9(6-4-8)10-7-11/h2-3,5-8H,1,4H2,(H,10,11). The number of hydrogen-bond acceptors (Lipinski definition) is 1. The molecule has 0 aromatic carbocycles. The van der Waals surface area contributed by atoms with E-state index >= 15 is 0 Å². The van der Waals surface area contributed by atoms with Crippen LogP contribution in [0, 0.1) is 5.92 Å². The Kier molecular flexibility index (Phi) is 2.66. The maximum Gasteiger partial charge on any atom is 0.211 e. The summed E-state index contributed by atoms with van der Waals surface area (Å²) in [5.41, 5.74) is 0.873. The van der Waals surface area contributed by atoms with Gasteiger partial charge >= 0.3 is 0 Å². The predicted molar refractivity (Wildman–Crippen MR) is 44.7 cm³/mol. The molecule has 2 heteroatoms. The number of carbonyl (C=O) groups is 1. The van der Waals surface area contributed by atoms with Crippen molar-refractivity contribution in [1.82, 2.24) is 5.32 Å². The predicted octanol–water partition coefficient (Wildman–Crippen LogP) is 1.38. The maximum absolute atomic E-state index is 10.0. The molecule has 1 atom stereocenters. The Morgan fingerprint density at radius 2 is 2.55 bits per heavy atom. The van der Waals surface area contributed by atoms with E-state index in [9.17, 15) is 4.79 Å². The van der Waals surface area contributed by atoms with Gasteiger partial charge in [0.15, 0.2) is 0 Å². The molecule has 1 aliphatic carbocycles. The lowest BCUT2D eigenvalue weighted by atomic mass is 10.00. The Labute approximate surface area is 66.3 Å². The average Bonchev–Trinajstić information content (AvgIpc) is 2.07. The van der Waals surface area contributed by atoms with E-state index in [0.29, 0.717) is 12.3 Å². The van der Waals surface area contributed by atoms with Gasteiger partial charge in [0.1, 0.15) is 0 Å². The highest BCUT2D eigenvalue weighted by Crippen LogP contribution is 2.14. The summed E-state index contributed by atoms with van der Waals surface area (Å²) in [6, 6.07) is 0. The number of rotatable bonds is 3. The summed E-state index contributed by atoms with van der Waals surface area (Å²) in [5, 5.41) is 2.59. The molecular weight excluding hydrogens is 138 g/mol. The van der Waals surface area contributed by atoms with Gasteiger partial charge in [0.2, 0.25) is 6.41 Å². The minimum Gasteiger partial charge on any atom is -0.329 e. The summed E-state index contributed by atoms with van der Waals surface area (Å²) in [6.07, 6.45) is 9.41. The molecule has 58 valence electrons. The minimum atomic E-state index is 0.423. The van der Waals surface area contributed by atoms with Gasteiger partial charge in [-0.3, -0.25) is 4.79 Å². The molecule has 1 amide bonds. The summed E-state index contributed by atoms with van der Waals surface area (Å²) in [5.74, 6) is 0.423. The molecule has 0 aliphatic heterocycles. The summed E-state index contributed by atoms with van der Waals surface area (Å²) in [7, 11) is 0. The van der Waals surface area contributed by atoms with Crippen LogP contribution < -0.4 is 5.32 Å². The van der Waals surface area contributed by atoms with E-state index in [-0.39, 0.29) is 0 Å². The van der Waals surface area contributed by atoms with Crippen LogP contribution in [0.15, 0.2) is 36.6 Å². The highest BCUT2D eigenvalue weighted by Gasteiger charge is 2.02. The van der Waals surface area contributed by atoms with Crippen molar-refractivity contribution in [2.45, 2.75) is 6.42 Å². The highest BCUT2D eigenvalue weighted by molar-refractivity contribution is 5.52. The molecule has 0 aromatic rings. The van der Waals surface area contributed by atoms with E-state index in [1.807, 2.05) is 24.3 Å². The lowest BCUT2D eigenvalue weighted by Crippen LogP contribution is -2.11. The second-order valence-corrected chi connectivity index (χ2v) is 2.42. The van der Waals surface area contributed by atoms with E-state index in [2.05, 4.69) is 11.9 Å². The van der Waals surface area contributed by atoms with Gasteiger partial charge in [0.05, 0.1) is 0 Å². The fraction of sp³-hybridized carbons (Fsp3) is 0.222. The molecule has 1 unspecified atom stereocenters. The molecular formula is C9H11NO. The van der Waals surface area contributed by atoms with Gasteiger partial charge in [-0.1, -0.05) is 18.2 Å². The second kappa shape index (κ2) is 3.76. The SMILES string of the molecule is C=CC1C=CC(NC=O)=CC1. The van der Waals surface area contributed by atoms with Gasteiger partial charge in [-0.2, -0.15) is 0 Å². The molecule has 0 radical (unpaired) electrons. The van der Waals surface area contributed by atoms with Crippen molar-refractivity contribution in [3.63, 3.8) is 0 Å². The summed E-state index contributed by atoms with van der Waals surface area (Å²) < 4.78 is 0. The van der Waals surface area contributed by atoms with Gasteiger partial charge in [-0.15, -0.1) is 6.58 Å². The molecule has 0 aromatic heterocycles. The van der Waals surface area contributed by atoms with Crippen LogP contribution in [0.2, 0.25) is 0 Å². The van der Waals surface area contributed by atoms with E-state index < -0.39 is 0 Å². The van der Waals surface area contributed by atoms with Gasteiger partial charge in [0.25, 0.3) is 0 Å². The first-order valence-electron chi connectivity index (χ1n) is 3.58. The zero-order valence-electron chi connectivity index (χ0n) is 6.29. The lowest BCUT2D eigenvalue weighted by molar-refractivity contribution is -0.108. The van der Waals surface area contributed by atoms with Gasteiger partial charge in [-0.25, -0.2) is 0 Å². The zero-order chi connectivity index (χ0) is 8.10. The molecule has 0 spiro atoms. The Morgan fingerprint density at radius 3 is 3.00 bits per heavy atom. The second-order valence-electron chi connectivity index (χ2n) is 2.42. The zero-order valence-corrected chi connectivity index (χ0v) is 6.29. The van der Waals surface area contributed by atoms with Gasteiger partial charge in [-0.05, 0) is 18.4 Å². The fourth-order valence-corrected chi connectivity index (χ4v) is 0.987. The van der Waals surface area contributed by atoms with E-state index in [0.717, 1.165) is 12.1 Å². The van der Waals surface area contributed by atoms with Crippen LogP contribution in [0.3, 0.4) is 0 Å². The van der Waals surface area contributed by atoms with Crippen LogP contribution >= 0.6 is 0 Å². The van der Waals surface area contributed by atoms with E-state index in [4.69, 9.17) is 0 Å². The van der Waals surface area contributed by atoms with E-state index in [1.54, 1.807) is 0 Å². The molecule has 11 heavy (non-hydrogen) atoms. The third kappa shape index (κ3) is 2.08. The first-order valence-corrected chi connectivity index (χ1v) is 3.58. The molecule has 0 bridgehead atoms. The van der Waals surface area contributed by atoms with Crippen molar-refractivity contribution in [1.29, 1.82) is 0 Å². The normalized spacial score (nSPS) is 22.2. The first-order chi connectivity index (χ1) is 5.36. The van der Waals surface area contributed by atoms with Crippen molar-refractivity contribution >= 4 is 6.41 Å². The van der Waals surface area contributed by atoms with Crippen LogP contribution in [0.25, 0.3) is 0 Å². The molecule has 2 nitrogen and oxygen atoms in total. The van der Waals surface area contributed by atoms with Crippen molar-refractivity contribution in [2.24, 2.45) is 5.92 Å². The first kappa shape index (κ1) is 7.79. The molecule has 0 saturated heterocycles.